The van der Waals surface area contributed by atoms with Gasteiger partial charge in [-0.05, 0) is 17.9 Å². The van der Waals surface area contributed by atoms with Crippen LogP contribution in [-0.2, 0) is 4.74 Å². The summed E-state index contributed by atoms with van der Waals surface area (Å²) < 4.78 is 5.16. The molecule has 0 radical (unpaired) electrons. The zero-order valence-electron chi connectivity index (χ0n) is 11.9. The molecule has 3 rings (SSSR count). The number of aromatic nitrogens is 1. The normalized spacial score (nSPS) is 18.4. The van der Waals surface area contributed by atoms with Gasteiger partial charge in [-0.1, -0.05) is 35.9 Å². The topological polar surface area (TPSA) is 42.4 Å². The van der Waals surface area contributed by atoms with Crippen molar-refractivity contribution in [2.45, 2.75) is 6.42 Å². The lowest BCUT2D eigenvalue weighted by Gasteiger charge is -2.16. The first-order valence-corrected chi connectivity index (χ1v) is 7.40. The summed E-state index contributed by atoms with van der Waals surface area (Å²) >= 11 is 6.19. The van der Waals surface area contributed by atoms with Crippen molar-refractivity contribution in [1.29, 1.82) is 0 Å². The molecule has 0 N–H and O–H groups in total. The second kappa shape index (κ2) is 6.00. The lowest BCUT2D eigenvalue weighted by atomic mass is 10.1. The molecule has 0 saturated carbocycles. The average Bonchev–Trinajstić information content (AvgIpc) is 2.95. The molecule has 2 aromatic rings. The van der Waals surface area contributed by atoms with E-state index in [9.17, 15) is 4.79 Å². The number of likely N-dealkylation sites (tertiary alicyclic amines) is 1. The lowest BCUT2D eigenvalue weighted by molar-refractivity contribution is 0.0770. The summed E-state index contributed by atoms with van der Waals surface area (Å²) in [5, 5.41) is 2.19. The number of halogens is 1. The number of methoxy groups -OCH3 is 1. The van der Waals surface area contributed by atoms with E-state index in [1.807, 2.05) is 35.2 Å². The average molecular weight is 305 g/mol. The second-order valence-electron chi connectivity index (χ2n) is 5.38. The van der Waals surface area contributed by atoms with Crippen LogP contribution in [0.25, 0.3) is 10.8 Å². The van der Waals surface area contributed by atoms with E-state index in [2.05, 4.69) is 4.98 Å². The highest BCUT2D eigenvalue weighted by molar-refractivity contribution is 6.34. The van der Waals surface area contributed by atoms with Crippen molar-refractivity contribution in [1.82, 2.24) is 9.88 Å². The molecule has 0 bridgehead atoms. The van der Waals surface area contributed by atoms with Gasteiger partial charge in [0.1, 0.15) is 10.8 Å². The zero-order chi connectivity index (χ0) is 14.8. The summed E-state index contributed by atoms with van der Waals surface area (Å²) in [5.74, 6) is 0.358. The number of rotatable bonds is 3. The SMILES string of the molecule is COCC1CCN(C(=O)c2cc3ccccc3c(Cl)n2)C1. The predicted molar refractivity (Wildman–Crippen MR) is 82.6 cm³/mol. The maximum Gasteiger partial charge on any atom is 0.272 e. The van der Waals surface area contributed by atoms with Gasteiger partial charge in [-0.15, -0.1) is 0 Å². The third kappa shape index (κ3) is 2.87. The number of benzene rings is 1. The number of amides is 1. The highest BCUT2D eigenvalue weighted by Crippen LogP contribution is 2.24. The highest BCUT2D eigenvalue weighted by atomic mass is 35.5. The van der Waals surface area contributed by atoms with Gasteiger partial charge in [-0.25, -0.2) is 4.98 Å². The molecule has 1 atom stereocenters. The van der Waals surface area contributed by atoms with Gasteiger partial charge in [-0.2, -0.15) is 0 Å². The van der Waals surface area contributed by atoms with E-state index in [1.165, 1.54) is 0 Å². The Morgan fingerprint density at radius 1 is 1.48 bits per heavy atom. The van der Waals surface area contributed by atoms with Crippen LogP contribution in [-0.4, -0.2) is 42.6 Å². The minimum atomic E-state index is -0.0544. The van der Waals surface area contributed by atoms with Crippen LogP contribution in [0.3, 0.4) is 0 Å². The first-order chi connectivity index (χ1) is 10.2. The van der Waals surface area contributed by atoms with Gasteiger partial charge in [0.2, 0.25) is 0 Å². The molecule has 1 unspecified atom stereocenters. The number of hydrogen-bond donors (Lipinski definition) is 0. The molecule has 1 aromatic heterocycles. The van der Waals surface area contributed by atoms with Gasteiger partial charge in [0.15, 0.2) is 0 Å². The molecule has 1 saturated heterocycles. The first kappa shape index (κ1) is 14.3. The van der Waals surface area contributed by atoms with Crippen molar-refractivity contribution in [2.75, 3.05) is 26.8 Å². The second-order valence-corrected chi connectivity index (χ2v) is 5.74. The minimum absolute atomic E-state index is 0.0544. The lowest BCUT2D eigenvalue weighted by Crippen LogP contribution is -2.30. The molecule has 1 fully saturated rings. The van der Waals surface area contributed by atoms with E-state index in [4.69, 9.17) is 16.3 Å². The fraction of sp³-hybridized carbons (Fsp3) is 0.375. The molecule has 1 aliphatic rings. The minimum Gasteiger partial charge on any atom is -0.384 e. The highest BCUT2D eigenvalue weighted by Gasteiger charge is 2.27. The fourth-order valence-corrected chi connectivity index (χ4v) is 3.08. The number of pyridine rings is 1. The van der Waals surface area contributed by atoms with Gasteiger partial charge in [0.05, 0.1) is 6.61 Å². The molecule has 110 valence electrons. The number of hydrogen-bond acceptors (Lipinski definition) is 3. The standard InChI is InChI=1S/C16H17ClN2O2/c1-21-10-11-6-7-19(9-11)16(20)14-8-12-4-2-3-5-13(12)15(17)18-14/h2-5,8,11H,6-7,9-10H2,1H3. The molecule has 4 nitrogen and oxygen atoms in total. The van der Waals surface area contributed by atoms with Crippen molar-refractivity contribution in [2.24, 2.45) is 5.92 Å². The molecule has 1 aromatic carbocycles. The van der Waals surface area contributed by atoms with Gasteiger partial charge in [0.25, 0.3) is 5.91 Å². The molecule has 1 aliphatic heterocycles. The maximum atomic E-state index is 12.6. The Bertz CT molecular complexity index is 674. The van der Waals surface area contributed by atoms with E-state index < -0.39 is 0 Å². The summed E-state index contributed by atoms with van der Waals surface area (Å²) in [6, 6.07) is 9.50. The van der Waals surface area contributed by atoms with E-state index in [0.29, 0.717) is 23.4 Å². The number of fused-ring (bicyclic) bond motifs is 1. The van der Waals surface area contributed by atoms with Gasteiger partial charge in [-0.3, -0.25) is 4.79 Å². The number of carbonyl (C=O) groups excluding carboxylic acids is 1. The third-order valence-corrected chi connectivity index (χ3v) is 4.18. The largest absolute Gasteiger partial charge is 0.384 e. The Hall–Kier alpha value is -1.65. The first-order valence-electron chi connectivity index (χ1n) is 7.02. The summed E-state index contributed by atoms with van der Waals surface area (Å²) in [7, 11) is 1.69. The molecule has 5 heteroatoms. The number of carbonyl (C=O) groups is 1. The van der Waals surface area contributed by atoms with Crippen molar-refractivity contribution in [3.8, 4) is 0 Å². The van der Waals surface area contributed by atoms with Crippen molar-refractivity contribution in [3.63, 3.8) is 0 Å². The van der Waals surface area contributed by atoms with Crippen molar-refractivity contribution in [3.05, 3.63) is 41.2 Å². The molecule has 0 spiro atoms. The number of nitrogens with zero attached hydrogens (tertiary/aromatic N) is 2. The van der Waals surface area contributed by atoms with E-state index in [1.54, 1.807) is 7.11 Å². The van der Waals surface area contributed by atoms with Crippen LogP contribution in [0.15, 0.2) is 30.3 Å². The monoisotopic (exact) mass is 304 g/mol. The Labute approximate surface area is 128 Å². The van der Waals surface area contributed by atoms with Crippen LogP contribution in [0, 0.1) is 5.92 Å². The molecule has 1 amide bonds. The summed E-state index contributed by atoms with van der Waals surface area (Å²) in [5.41, 5.74) is 0.414. The number of ether oxygens (including phenoxy) is 1. The van der Waals surface area contributed by atoms with Crippen LogP contribution < -0.4 is 0 Å². The van der Waals surface area contributed by atoms with Crippen LogP contribution in [0.5, 0.6) is 0 Å². The Balaban J connectivity index is 1.85. The Morgan fingerprint density at radius 3 is 3.10 bits per heavy atom. The van der Waals surface area contributed by atoms with Gasteiger partial charge < -0.3 is 9.64 Å². The van der Waals surface area contributed by atoms with Crippen LogP contribution >= 0.6 is 11.6 Å². The third-order valence-electron chi connectivity index (χ3n) is 3.89. The molecular formula is C16H17ClN2O2. The Kier molecular flexibility index (Phi) is 4.08. The van der Waals surface area contributed by atoms with Gasteiger partial charge in [0, 0.05) is 31.5 Å². The molecule has 2 heterocycles. The molecule has 0 aliphatic carbocycles. The summed E-state index contributed by atoms with van der Waals surface area (Å²) in [6.45, 7) is 2.16. The molecule has 21 heavy (non-hydrogen) atoms. The zero-order valence-corrected chi connectivity index (χ0v) is 12.6. The summed E-state index contributed by atoms with van der Waals surface area (Å²) in [4.78, 5) is 18.6. The van der Waals surface area contributed by atoms with Crippen LogP contribution in [0.4, 0.5) is 0 Å². The van der Waals surface area contributed by atoms with Crippen molar-refractivity contribution >= 4 is 28.3 Å². The Morgan fingerprint density at radius 2 is 2.29 bits per heavy atom. The van der Waals surface area contributed by atoms with E-state index in [-0.39, 0.29) is 5.91 Å². The summed E-state index contributed by atoms with van der Waals surface area (Å²) in [6.07, 6.45) is 0.973. The van der Waals surface area contributed by atoms with Gasteiger partial charge >= 0.3 is 0 Å². The van der Waals surface area contributed by atoms with E-state index in [0.717, 1.165) is 30.3 Å². The quantitative estimate of drug-likeness (QED) is 0.819. The van der Waals surface area contributed by atoms with Crippen LogP contribution in [0.1, 0.15) is 16.9 Å². The predicted octanol–water partition coefficient (Wildman–Crippen LogP) is 3.00. The molecular weight excluding hydrogens is 288 g/mol. The fourth-order valence-electron chi connectivity index (χ4n) is 2.82. The van der Waals surface area contributed by atoms with Crippen molar-refractivity contribution < 1.29 is 9.53 Å². The maximum absolute atomic E-state index is 12.6. The van der Waals surface area contributed by atoms with Crippen LogP contribution in [0.2, 0.25) is 5.15 Å². The smallest absolute Gasteiger partial charge is 0.272 e. The van der Waals surface area contributed by atoms with E-state index >= 15 is 0 Å².